The first-order valence-electron chi connectivity index (χ1n) is 9.44. The molecule has 0 fully saturated rings. The van der Waals surface area contributed by atoms with Crippen molar-refractivity contribution in [3.8, 4) is 5.75 Å². The Morgan fingerprint density at radius 2 is 1.89 bits per heavy atom. The number of hydrogen-bond acceptors (Lipinski definition) is 4. The second-order valence-electron chi connectivity index (χ2n) is 6.67. The Hall–Kier alpha value is -3.15. The van der Waals surface area contributed by atoms with E-state index in [0.29, 0.717) is 47.2 Å². The highest BCUT2D eigenvalue weighted by Crippen LogP contribution is 2.30. The average Bonchev–Trinajstić information content (AvgIpc) is 2.99. The number of fused-ring (bicyclic) bond motifs is 1. The molecule has 0 aliphatic rings. The van der Waals surface area contributed by atoms with Crippen LogP contribution in [0, 0.1) is 0 Å². The maximum Gasteiger partial charge on any atom is 0.264 e. The molecule has 28 heavy (non-hydrogen) atoms. The van der Waals surface area contributed by atoms with E-state index in [1.807, 2.05) is 26.0 Å². The van der Waals surface area contributed by atoms with Crippen molar-refractivity contribution >= 4 is 23.0 Å². The van der Waals surface area contributed by atoms with Crippen LogP contribution in [0.3, 0.4) is 0 Å². The molecule has 1 aromatic carbocycles. The van der Waals surface area contributed by atoms with Crippen molar-refractivity contribution in [3.05, 3.63) is 63.7 Å². The normalized spacial score (nSPS) is 11.0. The Bertz CT molecular complexity index is 1080. The molecule has 6 heteroatoms. The van der Waals surface area contributed by atoms with Crippen LogP contribution >= 0.6 is 0 Å². The molecule has 0 aliphatic heterocycles. The number of ether oxygens (including phenoxy) is 1. The van der Waals surface area contributed by atoms with Crippen molar-refractivity contribution in [1.82, 2.24) is 9.13 Å². The fourth-order valence-electron chi connectivity index (χ4n) is 3.38. The molecule has 0 radical (unpaired) electrons. The van der Waals surface area contributed by atoms with Crippen LogP contribution in [0.5, 0.6) is 5.75 Å². The number of ketones is 1. The van der Waals surface area contributed by atoms with Gasteiger partial charge in [0, 0.05) is 18.3 Å². The number of hydrogen-bond donors (Lipinski definition) is 0. The predicted octanol–water partition coefficient (Wildman–Crippen LogP) is 3.39. The minimum Gasteiger partial charge on any atom is -0.490 e. The smallest absolute Gasteiger partial charge is 0.264 e. The maximum absolute atomic E-state index is 13.3. The second-order valence-corrected chi connectivity index (χ2v) is 6.67. The highest BCUT2D eigenvalue weighted by atomic mass is 16.5. The predicted molar refractivity (Wildman–Crippen MR) is 109 cm³/mol. The molecule has 6 nitrogen and oxygen atoms in total. The van der Waals surface area contributed by atoms with Crippen LogP contribution in [0.1, 0.15) is 46.8 Å². The highest BCUT2D eigenvalue weighted by Gasteiger charge is 2.22. The molecular formula is C22H24N2O4. The first-order chi connectivity index (χ1) is 13.5. The number of pyridine rings is 1. The Kier molecular flexibility index (Phi) is 5.78. The third-order valence-corrected chi connectivity index (χ3v) is 4.87. The lowest BCUT2D eigenvalue weighted by Crippen LogP contribution is -2.27. The van der Waals surface area contributed by atoms with Crippen molar-refractivity contribution in [2.45, 2.75) is 33.2 Å². The molecule has 0 saturated carbocycles. The first kappa shape index (κ1) is 19.6. The van der Waals surface area contributed by atoms with Crippen LogP contribution in [0.15, 0.2) is 41.2 Å². The van der Waals surface area contributed by atoms with E-state index >= 15 is 0 Å². The third-order valence-electron chi connectivity index (χ3n) is 4.87. The summed E-state index contributed by atoms with van der Waals surface area (Å²) in [6, 6.07) is 10.8. The van der Waals surface area contributed by atoms with E-state index < -0.39 is 0 Å². The number of benzene rings is 1. The zero-order chi connectivity index (χ0) is 20.3. The Labute approximate surface area is 163 Å². The van der Waals surface area contributed by atoms with Crippen molar-refractivity contribution in [3.63, 3.8) is 0 Å². The van der Waals surface area contributed by atoms with Crippen molar-refractivity contribution in [2.75, 3.05) is 6.61 Å². The molecule has 0 atom stereocenters. The summed E-state index contributed by atoms with van der Waals surface area (Å²) >= 11 is 0. The third kappa shape index (κ3) is 3.38. The number of Topliss-reactive ketones (excluding diaryl/α,β-unsaturated/α-hetero) is 1. The van der Waals surface area contributed by atoms with Gasteiger partial charge in [-0.1, -0.05) is 44.2 Å². The van der Waals surface area contributed by atoms with Crippen molar-refractivity contribution < 1.29 is 14.3 Å². The molecule has 0 spiro atoms. The summed E-state index contributed by atoms with van der Waals surface area (Å²) < 4.78 is 8.93. The fourth-order valence-corrected chi connectivity index (χ4v) is 3.38. The molecule has 0 saturated heterocycles. The molecule has 0 N–H and O–H groups in total. The highest BCUT2D eigenvalue weighted by molar-refractivity contribution is 5.98. The van der Waals surface area contributed by atoms with Gasteiger partial charge in [-0.3, -0.25) is 14.4 Å². The van der Waals surface area contributed by atoms with Crippen LogP contribution in [-0.2, 0) is 20.0 Å². The van der Waals surface area contributed by atoms with Gasteiger partial charge in [0.1, 0.15) is 11.1 Å². The lowest BCUT2D eigenvalue weighted by atomic mass is 10.1. The number of nitrogens with zero attached hydrogens (tertiary/aromatic N) is 2. The Morgan fingerprint density at radius 3 is 2.50 bits per heavy atom. The van der Waals surface area contributed by atoms with Gasteiger partial charge in [0.05, 0.1) is 18.7 Å². The summed E-state index contributed by atoms with van der Waals surface area (Å²) in [5.41, 5.74) is 1.95. The monoisotopic (exact) mass is 380 g/mol. The van der Waals surface area contributed by atoms with Gasteiger partial charge in [0.15, 0.2) is 17.8 Å². The maximum atomic E-state index is 13.3. The molecule has 0 amide bonds. The molecule has 2 heterocycles. The van der Waals surface area contributed by atoms with Gasteiger partial charge >= 0.3 is 0 Å². The minimum absolute atomic E-state index is 0.0551. The number of rotatable bonds is 8. The Balaban J connectivity index is 2.20. The number of aromatic nitrogens is 2. The van der Waals surface area contributed by atoms with E-state index in [2.05, 4.69) is 0 Å². The van der Waals surface area contributed by atoms with E-state index in [0.717, 1.165) is 12.1 Å². The van der Waals surface area contributed by atoms with E-state index in [1.54, 1.807) is 35.9 Å². The summed E-state index contributed by atoms with van der Waals surface area (Å²) in [6.07, 6.45) is 2.04. The number of carbonyl (C=O) groups excluding carboxylic acids is 2. The molecule has 0 unspecified atom stereocenters. The molecule has 3 aromatic rings. The molecule has 146 valence electrons. The van der Waals surface area contributed by atoms with E-state index in [4.69, 9.17) is 4.74 Å². The second kappa shape index (κ2) is 8.25. The van der Waals surface area contributed by atoms with Gasteiger partial charge in [0.25, 0.3) is 5.56 Å². The van der Waals surface area contributed by atoms with Gasteiger partial charge in [-0.2, -0.15) is 0 Å². The number of carbonyl (C=O) groups is 2. The SMILES string of the molecule is CCCOc1c(C=O)n(C)c2cc(CC)n(CC(=O)c3ccccc3)c(=O)c12. The quantitative estimate of drug-likeness (QED) is 0.444. The van der Waals surface area contributed by atoms with E-state index in [-0.39, 0.29) is 17.9 Å². The van der Waals surface area contributed by atoms with Crippen LogP contribution in [-0.4, -0.2) is 27.8 Å². The first-order valence-corrected chi connectivity index (χ1v) is 9.44. The molecule has 2 aromatic heterocycles. The topological polar surface area (TPSA) is 70.3 Å². The van der Waals surface area contributed by atoms with Gasteiger partial charge in [-0.05, 0) is 18.9 Å². The fraction of sp³-hybridized carbons (Fsp3) is 0.318. The number of aryl methyl sites for hydroxylation is 2. The van der Waals surface area contributed by atoms with Crippen molar-refractivity contribution in [1.29, 1.82) is 0 Å². The largest absolute Gasteiger partial charge is 0.490 e. The van der Waals surface area contributed by atoms with Crippen LogP contribution in [0.25, 0.3) is 10.9 Å². The summed E-state index contributed by atoms with van der Waals surface area (Å²) in [4.78, 5) is 37.7. The van der Waals surface area contributed by atoms with Crippen LogP contribution < -0.4 is 10.3 Å². The Morgan fingerprint density at radius 1 is 1.18 bits per heavy atom. The molecule has 3 rings (SSSR count). The minimum atomic E-state index is -0.312. The van der Waals surface area contributed by atoms with E-state index in [9.17, 15) is 14.4 Å². The lowest BCUT2D eigenvalue weighted by Gasteiger charge is -2.13. The average molecular weight is 380 g/mol. The van der Waals surface area contributed by atoms with Gasteiger partial charge in [0.2, 0.25) is 0 Å². The van der Waals surface area contributed by atoms with Gasteiger partial charge in [-0.25, -0.2) is 0 Å². The van der Waals surface area contributed by atoms with Gasteiger partial charge < -0.3 is 13.9 Å². The zero-order valence-corrected chi connectivity index (χ0v) is 16.4. The number of aldehydes is 1. The molecule has 0 bridgehead atoms. The summed E-state index contributed by atoms with van der Waals surface area (Å²) in [5, 5.41) is 0.344. The summed E-state index contributed by atoms with van der Waals surface area (Å²) in [6.45, 7) is 4.23. The lowest BCUT2D eigenvalue weighted by molar-refractivity contribution is 0.0969. The standard InChI is InChI=1S/C22H24N2O4/c1-4-11-28-21-18(14-25)23(3)17-12-16(5-2)24(22(27)20(17)21)13-19(26)15-9-7-6-8-10-15/h6-10,12,14H,4-5,11,13H2,1-3H3. The van der Waals surface area contributed by atoms with E-state index in [1.165, 1.54) is 4.57 Å². The summed E-state index contributed by atoms with van der Waals surface area (Å²) in [7, 11) is 1.74. The zero-order valence-electron chi connectivity index (χ0n) is 16.4. The molecular weight excluding hydrogens is 356 g/mol. The van der Waals surface area contributed by atoms with Crippen LogP contribution in [0.2, 0.25) is 0 Å². The molecule has 0 aliphatic carbocycles. The summed E-state index contributed by atoms with van der Waals surface area (Å²) in [5.74, 6) is 0.155. The van der Waals surface area contributed by atoms with Gasteiger partial charge in [-0.15, -0.1) is 0 Å². The van der Waals surface area contributed by atoms with Crippen LogP contribution in [0.4, 0.5) is 0 Å². The van der Waals surface area contributed by atoms with Crippen molar-refractivity contribution in [2.24, 2.45) is 7.05 Å².